The maximum absolute atomic E-state index is 10.8. The van der Waals surface area contributed by atoms with Crippen LogP contribution in [0.1, 0.15) is 12.5 Å². The fourth-order valence-corrected chi connectivity index (χ4v) is 2.80. The van der Waals surface area contributed by atoms with Crippen LogP contribution in [0.4, 0.5) is 5.95 Å². The standard InChI is InChI=1S/C16H17N7OS/c1-10(12-7-6-11-4-2-3-5-13(11)8-12)19-20-15-21-22-16(23(15)18)25-9-14(17)24/h2-8H,9,18H2,1H3,(H2,17,24)(H,20,21)/b19-10+. The molecule has 0 radical (unpaired) electrons. The number of thioether (sulfide) groups is 1. The number of rotatable bonds is 6. The van der Waals surface area contributed by atoms with Crippen molar-refractivity contribution < 1.29 is 4.79 Å². The van der Waals surface area contributed by atoms with Gasteiger partial charge in [-0.1, -0.05) is 48.2 Å². The molecule has 0 spiro atoms. The molecule has 3 aromatic rings. The predicted octanol–water partition coefficient (Wildman–Crippen LogP) is 1.56. The monoisotopic (exact) mass is 355 g/mol. The van der Waals surface area contributed by atoms with Gasteiger partial charge in [-0.15, -0.1) is 10.2 Å². The smallest absolute Gasteiger partial charge is 0.264 e. The number of aromatic nitrogens is 3. The van der Waals surface area contributed by atoms with Crippen LogP contribution >= 0.6 is 11.8 Å². The summed E-state index contributed by atoms with van der Waals surface area (Å²) in [7, 11) is 0. The van der Waals surface area contributed by atoms with Gasteiger partial charge in [0.25, 0.3) is 5.95 Å². The number of anilines is 1. The molecule has 9 heteroatoms. The van der Waals surface area contributed by atoms with Gasteiger partial charge in [0.05, 0.1) is 11.5 Å². The minimum Gasteiger partial charge on any atom is -0.369 e. The number of nitrogens with one attached hydrogen (secondary N) is 1. The third-order valence-electron chi connectivity index (χ3n) is 3.50. The average Bonchev–Trinajstić information content (AvgIpc) is 2.97. The van der Waals surface area contributed by atoms with Gasteiger partial charge >= 0.3 is 0 Å². The maximum atomic E-state index is 10.8. The van der Waals surface area contributed by atoms with E-state index in [0.717, 1.165) is 28.4 Å². The fourth-order valence-electron chi connectivity index (χ4n) is 2.20. The van der Waals surface area contributed by atoms with Crippen LogP contribution < -0.4 is 17.0 Å². The number of hydrogen-bond donors (Lipinski definition) is 3. The van der Waals surface area contributed by atoms with Crippen molar-refractivity contribution in [2.75, 3.05) is 17.0 Å². The minimum atomic E-state index is -0.451. The van der Waals surface area contributed by atoms with Crippen molar-refractivity contribution in [2.45, 2.75) is 12.1 Å². The molecule has 0 saturated carbocycles. The summed E-state index contributed by atoms with van der Waals surface area (Å²) < 4.78 is 1.23. The number of benzene rings is 2. The Hall–Kier alpha value is -3.07. The van der Waals surface area contributed by atoms with E-state index in [2.05, 4.69) is 38.9 Å². The van der Waals surface area contributed by atoms with Crippen molar-refractivity contribution in [3.8, 4) is 0 Å². The Kier molecular flexibility index (Phi) is 4.85. The molecule has 3 rings (SSSR count). The van der Waals surface area contributed by atoms with E-state index in [1.54, 1.807) is 0 Å². The second-order valence-corrected chi connectivity index (χ2v) is 6.24. The Balaban J connectivity index is 1.75. The van der Waals surface area contributed by atoms with Crippen LogP contribution in [0.2, 0.25) is 0 Å². The van der Waals surface area contributed by atoms with E-state index in [4.69, 9.17) is 11.6 Å². The van der Waals surface area contributed by atoms with Gasteiger partial charge in [0, 0.05) is 0 Å². The van der Waals surface area contributed by atoms with E-state index < -0.39 is 5.91 Å². The van der Waals surface area contributed by atoms with Crippen LogP contribution in [-0.4, -0.2) is 32.2 Å². The largest absolute Gasteiger partial charge is 0.369 e. The molecule has 0 aliphatic rings. The maximum Gasteiger partial charge on any atom is 0.264 e. The number of hydrogen-bond acceptors (Lipinski definition) is 7. The summed E-state index contributed by atoms with van der Waals surface area (Å²) in [6.45, 7) is 1.89. The highest BCUT2D eigenvalue weighted by molar-refractivity contribution is 7.99. The molecule has 1 aromatic heterocycles. The van der Waals surface area contributed by atoms with Gasteiger partial charge in [0.1, 0.15) is 0 Å². The molecule has 1 amide bonds. The predicted molar refractivity (Wildman–Crippen MR) is 99.9 cm³/mol. The van der Waals surface area contributed by atoms with Crippen LogP contribution in [0.5, 0.6) is 0 Å². The molecular formula is C16H17N7OS. The summed E-state index contributed by atoms with van der Waals surface area (Å²) in [5.74, 6) is 5.77. The summed E-state index contributed by atoms with van der Waals surface area (Å²) in [5.41, 5.74) is 9.66. The molecule has 5 N–H and O–H groups in total. The molecule has 0 atom stereocenters. The van der Waals surface area contributed by atoms with Crippen molar-refractivity contribution >= 4 is 40.1 Å². The van der Waals surface area contributed by atoms with E-state index in [9.17, 15) is 4.79 Å². The van der Waals surface area contributed by atoms with Gasteiger partial charge in [0.2, 0.25) is 11.1 Å². The number of nitrogens with two attached hydrogens (primary N) is 2. The number of carbonyl (C=O) groups excluding carboxylic acids is 1. The van der Waals surface area contributed by atoms with Gasteiger partial charge < -0.3 is 11.6 Å². The first-order valence-corrected chi connectivity index (χ1v) is 8.44. The Morgan fingerprint density at radius 1 is 1.24 bits per heavy atom. The number of carbonyl (C=O) groups is 1. The average molecular weight is 355 g/mol. The lowest BCUT2D eigenvalue weighted by molar-refractivity contribution is -0.115. The first kappa shape index (κ1) is 16.8. The van der Waals surface area contributed by atoms with Crippen molar-refractivity contribution in [1.29, 1.82) is 0 Å². The van der Waals surface area contributed by atoms with Crippen molar-refractivity contribution in [3.63, 3.8) is 0 Å². The highest BCUT2D eigenvalue weighted by Gasteiger charge is 2.11. The quantitative estimate of drug-likeness (QED) is 0.267. The third kappa shape index (κ3) is 3.89. The van der Waals surface area contributed by atoms with Crippen LogP contribution in [0.25, 0.3) is 10.8 Å². The van der Waals surface area contributed by atoms with E-state index in [1.807, 2.05) is 31.2 Å². The summed E-state index contributed by atoms with van der Waals surface area (Å²) in [6, 6.07) is 14.2. The third-order valence-corrected chi connectivity index (χ3v) is 4.46. The Morgan fingerprint density at radius 3 is 2.76 bits per heavy atom. The Labute approximate surface area is 148 Å². The lowest BCUT2D eigenvalue weighted by Gasteiger charge is -2.05. The number of amides is 1. The molecular weight excluding hydrogens is 338 g/mol. The molecule has 0 unspecified atom stereocenters. The lowest BCUT2D eigenvalue weighted by Crippen LogP contribution is -2.16. The SMILES string of the molecule is C/C(=N\Nc1nnc(SCC(N)=O)n1N)c1ccc2ccccc2c1. The molecule has 0 aliphatic heterocycles. The molecule has 128 valence electrons. The zero-order valence-electron chi connectivity index (χ0n) is 13.5. The molecule has 0 aliphatic carbocycles. The van der Waals surface area contributed by atoms with E-state index >= 15 is 0 Å². The van der Waals surface area contributed by atoms with Crippen molar-refractivity contribution in [2.24, 2.45) is 10.8 Å². The zero-order valence-corrected chi connectivity index (χ0v) is 14.3. The van der Waals surface area contributed by atoms with E-state index in [-0.39, 0.29) is 11.7 Å². The first-order chi connectivity index (χ1) is 12.0. The zero-order chi connectivity index (χ0) is 17.8. The normalized spacial score (nSPS) is 11.6. The molecule has 25 heavy (non-hydrogen) atoms. The van der Waals surface area contributed by atoms with Gasteiger partial charge in [-0.2, -0.15) is 5.10 Å². The minimum absolute atomic E-state index is 0.0781. The van der Waals surface area contributed by atoms with Gasteiger partial charge in [-0.3, -0.25) is 4.79 Å². The Bertz CT molecular complexity index is 951. The topological polar surface area (TPSA) is 124 Å². The molecule has 0 saturated heterocycles. The second kappa shape index (κ2) is 7.22. The highest BCUT2D eigenvalue weighted by atomic mass is 32.2. The Morgan fingerprint density at radius 2 is 2.00 bits per heavy atom. The fraction of sp³-hybridized carbons (Fsp3) is 0.125. The van der Waals surface area contributed by atoms with Gasteiger partial charge in [-0.25, -0.2) is 10.1 Å². The van der Waals surface area contributed by atoms with Crippen molar-refractivity contribution in [3.05, 3.63) is 48.0 Å². The molecule has 2 aromatic carbocycles. The lowest BCUT2D eigenvalue weighted by atomic mass is 10.0. The summed E-state index contributed by atoms with van der Waals surface area (Å²) >= 11 is 1.11. The molecule has 1 heterocycles. The summed E-state index contributed by atoms with van der Waals surface area (Å²) in [6.07, 6.45) is 0. The highest BCUT2D eigenvalue weighted by Crippen LogP contribution is 2.18. The first-order valence-electron chi connectivity index (χ1n) is 7.45. The summed E-state index contributed by atoms with van der Waals surface area (Å²) in [4.78, 5) is 10.8. The van der Waals surface area contributed by atoms with E-state index in [1.165, 1.54) is 10.1 Å². The molecule has 0 bridgehead atoms. The molecule has 0 fully saturated rings. The van der Waals surface area contributed by atoms with E-state index in [0.29, 0.717) is 5.16 Å². The number of primary amides is 1. The van der Waals surface area contributed by atoms with Crippen LogP contribution in [-0.2, 0) is 4.79 Å². The van der Waals surface area contributed by atoms with Crippen LogP contribution in [0, 0.1) is 0 Å². The van der Waals surface area contributed by atoms with Gasteiger partial charge in [0.15, 0.2) is 0 Å². The number of nitrogen functional groups attached to an aromatic ring is 1. The van der Waals surface area contributed by atoms with Crippen molar-refractivity contribution in [1.82, 2.24) is 14.9 Å². The second-order valence-electron chi connectivity index (χ2n) is 5.30. The summed E-state index contributed by atoms with van der Waals surface area (Å²) in [5, 5.41) is 14.8. The molecule has 8 nitrogen and oxygen atoms in total. The number of nitrogens with zero attached hydrogens (tertiary/aromatic N) is 4. The number of fused-ring (bicyclic) bond motifs is 1. The van der Waals surface area contributed by atoms with Crippen LogP contribution in [0.3, 0.4) is 0 Å². The van der Waals surface area contributed by atoms with Crippen LogP contribution in [0.15, 0.2) is 52.7 Å². The van der Waals surface area contributed by atoms with Gasteiger partial charge in [-0.05, 0) is 29.3 Å². The number of hydrazone groups is 1.